The van der Waals surface area contributed by atoms with E-state index in [9.17, 15) is 9.59 Å². The van der Waals surface area contributed by atoms with Gasteiger partial charge in [0.15, 0.2) is 0 Å². The van der Waals surface area contributed by atoms with Gasteiger partial charge < -0.3 is 9.72 Å². The standard InChI is InChI=1S/C9H13N3O3/c1-2-15-8(14)4-3-7(13)12-9-10-5-6-11-9/h5-6H,2-4H2,1H3,(H2,10,11,12,13). The molecule has 82 valence electrons. The molecule has 1 aromatic rings. The normalized spacial score (nSPS) is 9.67. The highest BCUT2D eigenvalue weighted by Gasteiger charge is 2.08. The first-order valence-electron chi connectivity index (χ1n) is 4.67. The third-order valence-corrected chi connectivity index (χ3v) is 1.62. The summed E-state index contributed by atoms with van der Waals surface area (Å²) in [5.41, 5.74) is 0. The van der Waals surface area contributed by atoms with Crippen LogP contribution < -0.4 is 5.32 Å². The molecular formula is C9H13N3O3. The van der Waals surface area contributed by atoms with Gasteiger partial charge in [-0.15, -0.1) is 0 Å². The largest absolute Gasteiger partial charge is 0.466 e. The number of rotatable bonds is 5. The minimum Gasteiger partial charge on any atom is -0.466 e. The fourth-order valence-corrected chi connectivity index (χ4v) is 0.977. The molecule has 1 amide bonds. The Bertz CT molecular complexity index is 321. The molecule has 1 aromatic heterocycles. The third kappa shape index (κ3) is 4.26. The van der Waals surface area contributed by atoms with Gasteiger partial charge in [-0.05, 0) is 6.92 Å². The van der Waals surface area contributed by atoms with Gasteiger partial charge in [0.05, 0.1) is 13.0 Å². The highest BCUT2D eigenvalue weighted by atomic mass is 16.5. The Hall–Kier alpha value is -1.85. The molecule has 0 saturated heterocycles. The number of hydrogen-bond acceptors (Lipinski definition) is 4. The number of amides is 1. The Labute approximate surface area is 87.0 Å². The van der Waals surface area contributed by atoms with Crippen molar-refractivity contribution in [3.63, 3.8) is 0 Å². The monoisotopic (exact) mass is 211 g/mol. The molecule has 0 aliphatic heterocycles. The summed E-state index contributed by atoms with van der Waals surface area (Å²) in [6.07, 6.45) is 3.31. The molecule has 0 fully saturated rings. The van der Waals surface area contributed by atoms with Gasteiger partial charge in [-0.25, -0.2) is 4.98 Å². The number of ether oxygens (including phenoxy) is 1. The first-order chi connectivity index (χ1) is 7.22. The maximum Gasteiger partial charge on any atom is 0.306 e. The Balaban J connectivity index is 2.22. The van der Waals surface area contributed by atoms with Gasteiger partial charge in [0.2, 0.25) is 11.9 Å². The van der Waals surface area contributed by atoms with Gasteiger partial charge in [0.1, 0.15) is 0 Å². The van der Waals surface area contributed by atoms with Crippen LogP contribution in [0.4, 0.5) is 5.95 Å². The quantitative estimate of drug-likeness (QED) is 0.702. The Morgan fingerprint density at radius 2 is 2.33 bits per heavy atom. The summed E-state index contributed by atoms with van der Waals surface area (Å²) in [4.78, 5) is 28.7. The molecular weight excluding hydrogens is 198 g/mol. The second-order valence-electron chi connectivity index (χ2n) is 2.79. The molecule has 0 unspecified atom stereocenters. The van der Waals surface area contributed by atoms with Crippen molar-refractivity contribution in [2.24, 2.45) is 0 Å². The maximum atomic E-state index is 11.2. The van der Waals surface area contributed by atoms with E-state index in [-0.39, 0.29) is 24.7 Å². The van der Waals surface area contributed by atoms with Crippen LogP contribution in [-0.2, 0) is 14.3 Å². The van der Waals surface area contributed by atoms with E-state index in [1.807, 2.05) is 0 Å². The van der Waals surface area contributed by atoms with Crippen LogP contribution in [-0.4, -0.2) is 28.5 Å². The summed E-state index contributed by atoms with van der Waals surface area (Å²) in [5, 5.41) is 2.51. The number of aromatic nitrogens is 2. The molecule has 0 aromatic carbocycles. The summed E-state index contributed by atoms with van der Waals surface area (Å²) < 4.78 is 4.69. The highest BCUT2D eigenvalue weighted by Crippen LogP contribution is 1.99. The fraction of sp³-hybridized carbons (Fsp3) is 0.444. The van der Waals surface area contributed by atoms with E-state index >= 15 is 0 Å². The first kappa shape index (κ1) is 11.2. The average molecular weight is 211 g/mol. The molecule has 6 heteroatoms. The van der Waals surface area contributed by atoms with E-state index in [1.165, 1.54) is 6.20 Å². The topological polar surface area (TPSA) is 84.1 Å². The summed E-state index contributed by atoms with van der Waals surface area (Å²) in [6.45, 7) is 2.06. The maximum absolute atomic E-state index is 11.2. The lowest BCUT2D eigenvalue weighted by molar-refractivity contribution is -0.144. The van der Waals surface area contributed by atoms with E-state index in [2.05, 4.69) is 20.0 Å². The van der Waals surface area contributed by atoms with Crippen LogP contribution >= 0.6 is 0 Å². The highest BCUT2D eigenvalue weighted by molar-refractivity contribution is 5.91. The zero-order valence-electron chi connectivity index (χ0n) is 8.45. The van der Waals surface area contributed by atoms with Crippen molar-refractivity contribution in [2.45, 2.75) is 19.8 Å². The number of aromatic amines is 1. The van der Waals surface area contributed by atoms with E-state index in [1.54, 1.807) is 13.1 Å². The molecule has 0 bridgehead atoms. The lowest BCUT2D eigenvalue weighted by atomic mass is 10.3. The van der Waals surface area contributed by atoms with Crippen molar-refractivity contribution in [3.8, 4) is 0 Å². The van der Waals surface area contributed by atoms with Crippen LogP contribution in [0, 0.1) is 0 Å². The molecule has 2 N–H and O–H groups in total. The first-order valence-corrected chi connectivity index (χ1v) is 4.67. The second kappa shape index (κ2) is 5.79. The Kier molecular flexibility index (Phi) is 4.33. The van der Waals surface area contributed by atoms with E-state index < -0.39 is 0 Å². The van der Waals surface area contributed by atoms with E-state index in [4.69, 9.17) is 0 Å². The molecule has 0 radical (unpaired) electrons. The van der Waals surface area contributed by atoms with Crippen LogP contribution in [0.1, 0.15) is 19.8 Å². The average Bonchev–Trinajstić information content (AvgIpc) is 2.68. The summed E-state index contributed by atoms with van der Waals surface area (Å²) in [7, 11) is 0. The SMILES string of the molecule is CCOC(=O)CCC(=O)Nc1ncc[nH]1. The van der Waals surface area contributed by atoms with Crippen LogP contribution in [0.3, 0.4) is 0 Å². The van der Waals surface area contributed by atoms with Gasteiger partial charge in [0.25, 0.3) is 0 Å². The van der Waals surface area contributed by atoms with Crippen molar-refractivity contribution in [3.05, 3.63) is 12.4 Å². The number of anilines is 1. The predicted octanol–water partition coefficient (Wildman–Crippen LogP) is 0.691. The van der Waals surface area contributed by atoms with Gasteiger partial charge in [0, 0.05) is 18.8 Å². The van der Waals surface area contributed by atoms with Gasteiger partial charge in [-0.3, -0.25) is 14.9 Å². The molecule has 0 aliphatic rings. The molecule has 1 rings (SSSR count). The van der Waals surface area contributed by atoms with Crippen LogP contribution in [0.2, 0.25) is 0 Å². The number of imidazole rings is 1. The van der Waals surface area contributed by atoms with Gasteiger partial charge >= 0.3 is 5.97 Å². The lowest BCUT2D eigenvalue weighted by Crippen LogP contribution is -2.15. The minimum atomic E-state index is -0.368. The summed E-state index contributed by atoms with van der Waals surface area (Å²) in [6, 6.07) is 0. The van der Waals surface area contributed by atoms with Crippen molar-refractivity contribution >= 4 is 17.8 Å². The Morgan fingerprint density at radius 3 is 2.93 bits per heavy atom. The Morgan fingerprint density at radius 1 is 1.53 bits per heavy atom. The number of nitrogens with zero attached hydrogens (tertiary/aromatic N) is 1. The van der Waals surface area contributed by atoms with E-state index in [0.717, 1.165) is 0 Å². The van der Waals surface area contributed by atoms with Crippen molar-refractivity contribution in [2.75, 3.05) is 11.9 Å². The molecule has 0 saturated carbocycles. The van der Waals surface area contributed by atoms with Crippen molar-refractivity contribution in [1.29, 1.82) is 0 Å². The number of H-pyrrole nitrogens is 1. The fourth-order valence-electron chi connectivity index (χ4n) is 0.977. The number of esters is 1. The van der Waals surface area contributed by atoms with Crippen molar-refractivity contribution in [1.82, 2.24) is 9.97 Å². The molecule has 0 atom stereocenters. The molecule has 15 heavy (non-hydrogen) atoms. The minimum absolute atomic E-state index is 0.0837. The molecule has 0 spiro atoms. The van der Waals surface area contributed by atoms with Crippen LogP contribution in [0.5, 0.6) is 0 Å². The molecule has 6 nitrogen and oxygen atoms in total. The number of carbonyl (C=O) groups is 2. The number of nitrogens with one attached hydrogen (secondary N) is 2. The predicted molar refractivity (Wildman–Crippen MR) is 53.1 cm³/mol. The molecule has 0 aliphatic carbocycles. The zero-order valence-corrected chi connectivity index (χ0v) is 8.45. The van der Waals surface area contributed by atoms with E-state index in [0.29, 0.717) is 12.6 Å². The van der Waals surface area contributed by atoms with Crippen molar-refractivity contribution < 1.29 is 14.3 Å². The van der Waals surface area contributed by atoms with Gasteiger partial charge in [-0.1, -0.05) is 0 Å². The number of carbonyl (C=O) groups excluding carboxylic acids is 2. The van der Waals surface area contributed by atoms with Crippen LogP contribution in [0.25, 0.3) is 0 Å². The molecule has 1 heterocycles. The van der Waals surface area contributed by atoms with Crippen LogP contribution in [0.15, 0.2) is 12.4 Å². The van der Waals surface area contributed by atoms with Gasteiger partial charge in [-0.2, -0.15) is 0 Å². The zero-order chi connectivity index (χ0) is 11.1. The summed E-state index contributed by atoms with van der Waals surface area (Å²) >= 11 is 0. The second-order valence-corrected chi connectivity index (χ2v) is 2.79. The lowest BCUT2D eigenvalue weighted by Gasteiger charge is -2.02. The third-order valence-electron chi connectivity index (χ3n) is 1.62. The number of hydrogen-bond donors (Lipinski definition) is 2. The summed E-state index contributed by atoms with van der Waals surface area (Å²) in [5.74, 6) is -0.256. The smallest absolute Gasteiger partial charge is 0.306 e.